The number of urea groups is 1. The molecule has 5 heteroatoms. The second-order valence-electron chi connectivity index (χ2n) is 4.57. The van der Waals surface area contributed by atoms with E-state index in [0.29, 0.717) is 18.1 Å². The molecule has 0 saturated heterocycles. The van der Waals surface area contributed by atoms with Crippen LogP contribution in [0.3, 0.4) is 0 Å². The molecule has 0 aliphatic rings. The normalized spacial score (nSPS) is 10.9. The highest BCUT2D eigenvalue weighted by molar-refractivity contribution is 7.80. The molecule has 0 radical (unpaired) electrons. The van der Waals surface area contributed by atoms with Crippen LogP contribution in [0.5, 0.6) is 0 Å². The molecule has 0 saturated carbocycles. The Hall–Kier alpha value is -0.840. The summed E-state index contributed by atoms with van der Waals surface area (Å²) in [5.41, 5.74) is 5.20. The SMILES string of the molecule is CCCN(CC(N)=S)C(=O)NC(C)(C)C. The number of nitrogens with zero attached hydrogens (tertiary/aromatic N) is 1. The Morgan fingerprint density at radius 3 is 2.33 bits per heavy atom. The summed E-state index contributed by atoms with van der Waals surface area (Å²) in [4.78, 5) is 13.8. The van der Waals surface area contributed by atoms with Crippen molar-refractivity contribution < 1.29 is 4.79 Å². The summed E-state index contributed by atoms with van der Waals surface area (Å²) in [5.74, 6) is 0. The first kappa shape index (κ1) is 14.2. The molecule has 0 aromatic heterocycles. The number of hydrogen-bond acceptors (Lipinski definition) is 2. The molecule has 0 aliphatic carbocycles. The van der Waals surface area contributed by atoms with E-state index in [1.165, 1.54) is 0 Å². The molecular weight excluding hydrogens is 210 g/mol. The molecular formula is C10H21N3OS. The van der Waals surface area contributed by atoms with Crippen LogP contribution in [0.2, 0.25) is 0 Å². The van der Waals surface area contributed by atoms with Gasteiger partial charge in [0.25, 0.3) is 0 Å². The van der Waals surface area contributed by atoms with Gasteiger partial charge in [-0.25, -0.2) is 4.79 Å². The van der Waals surface area contributed by atoms with Crippen LogP contribution in [-0.4, -0.2) is 34.5 Å². The summed E-state index contributed by atoms with van der Waals surface area (Å²) in [6.45, 7) is 8.84. The number of carbonyl (C=O) groups excluding carboxylic acids is 1. The van der Waals surface area contributed by atoms with Gasteiger partial charge in [-0.15, -0.1) is 0 Å². The van der Waals surface area contributed by atoms with Crippen LogP contribution in [0.15, 0.2) is 0 Å². The summed E-state index contributed by atoms with van der Waals surface area (Å²) in [6.07, 6.45) is 0.889. The number of nitrogens with one attached hydrogen (secondary N) is 1. The molecule has 88 valence electrons. The smallest absolute Gasteiger partial charge is 0.318 e. The average Bonchev–Trinajstić information content (AvgIpc) is 1.99. The van der Waals surface area contributed by atoms with E-state index in [1.54, 1.807) is 4.90 Å². The minimum Gasteiger partial charge on any atom is -0.392 e. The van der Waals surface area contributed by atoms with E-state index in [1.807, 2.05) is 27.7 Å². The fourth-order valence-electron chi connectivity index (χ4n) is 1.11. The van der Waals surface area contributed by atoms with Crippen molar-refractivity contribution in [2.45, 2.75) is 39.7 Å². The van der Waals surface area contributed by atoms with Crippen molar-refractivity contribution in [3.05, 3.63) is 0 Å². The van der Waals surface area contributed by atoms with E-state index < -0.39 is 0 Å². The van der Waals surface area contributed by atoms with Crippen LogP contribution in [0.1, 0.15) is 34.1 Å². The Labute approximate surface area is 97.2 Å². The van der Waals surface area contributed by atoms with E-state index in [-0.39, 0.29) is 11.6 Å². The van der Waals surface area contributed by atoms with Crippen molar-refractivity contribution in [3.8, 4) is 0 Å². The van der Waals surface area contributed by atoms with Gasteiger partial charge in [0.15, 0.2) is 0 Å². The molecule has 0 spiro atoms. The van der Waals surface area contributed by atoms with Crippen LogP contribution in [0.4, 0.5) is 4.79 Å². The molecule has 0 fully saturated rings. The highest BCUT2D eigenvalue weighted by atomic mass is 32.1. The van der Waals surface area contributed by atoms with Crippen molar-refractivity contribution in [2.24, 2.45) is 5.73 Å². The number of nitrogens with two attached hydrogens (primary N) is 1. The molecule has 3 N–H and O–H groups in total. The number of amides is 2. The molecule has 0 aromatic rings. The minimum absolute atomic E-state index is 0.114. The molecule has 0 atom stereocenters. The van der Waals surface area contributed by atoms with Gasteiger partial charge >= 0.3 is 6.03 Å². The van der Waals surface area contributed by atoms with Crippen molar-refractivity contribution in [1.82, 2.24) is 10.2 Å². The van der Waals surface area contributed by atoms with Gasteiger partial charge in [0.05, 0.1) is 11.5 Å². The lowest BCUT2D eigenvalue weighted by Crippen LogP contribution is -2.50. The van der Waals surface area contributed by atoms with Crippen molar-refractivity contribution >= 4 is 23.2 Å². The van der Waals surface area contributed by atoms with Crippen LogP contribution in [0, 0.1) is 0 Å². The maximum Gasteiger partial charge on any atom is 0.318 e. The summed E-state index contributed by atoms with van der Waals surface area (Å²) in [5, 5.41) is 2.88. The zero-order valence-electron chi connectivity index (χ0n) is 9.96. The van der Waals surface area contributed by atoms with Gasteiger partial charge < -0.3 is 16.0 Å². The summed E-state index contributed by atoms with van der Waals surface area (Å²) in [7, 11) is 0. The first-order valence-corrected chi connectivity index (χ1v) is 5.52. The monoisotopic (exact) mass is 231 g/mol. The third-order valence-corrected chi connectivity index (χ3v) is 1.74. The lowest BCUT2D eigenvalue weighted by Gasteiger charge is -2.27. The Bertz CT molecular complexity index is 235. The van der Waals surface area contributed by atoms with Crippen molar-refractivity contribution in [3.63, 3.8) is 0 Å². The molecule has 0 aliphatic heterocycles. The third-order valence-electron chi connectivity index (χ3n) is 1.61. The lowest BCUT2D eigenvalue weighted by atomic mass is 10.1. The first-order valence-electron chi connectivity index (χ1n) is 5.11. The van der Waals surface area contributed by atoms with Gasteiger partial charge in [-0.1, -0.05) is 19.1 Å². The zero-order chi connectivity index (χ0) is 12.1. The second kappa shape index (κ2) is 5.90. The van der Waals surface area contributed by atoms with Gasteiger partial charge in [-0.3, -0.25) is 0 Å². The van der Waals surface area contributed by atoms with Crippen molar-refractivity contribution in [1.29, 1.82) is 0 Å². The Morgan fingerprint density at radius 1 is 1.47 bits per heavy atom. The van der Waals surface area contributed by atoms with E-state index in [2.05, 4.69) is 5.32 Å². The number of thiocarbonyl (C=S) groups is 1. The van der Waals surface area contributed by atoms with Gasteiger partial charge in [-0.05, 0) is 27.2 Å². The quantitative estimate of drug-likeness (QED) is 0.721. The summed E-state index contributed by atoms with van der Waals surface area (Å²) in [6, 6.07) is -0.114. The first-order chi connectivity index (χ1) is 6.76. The van der Waals surface area contributed by atoms with Crippen LogP contribution in [-0.2, 0) is 0 Å². The highest BCUT2D eigenvalue weighted by Crippen LogP contribution is 2.01. The van der Waals surface area contributed by atoms with E-state index in [0.717, 1.165) is 6.42 Å². The summed E-state index contributed by atoms with van der Waals surface area (Å²) >= 11 is 4.80. The Morgan fingerprint density at radius 2 is 2.00 bits per heavy atom. The molecule has 0 rings (SSSR count). The van der Waals surface area contributed by atoms with E-state index in [9.17, 15) is 4.79 Å². The van der Waals surface area contributed by atoms with Crippen LogP contribution in [0.25, 0.3) is 0 Å². The molecule has 2 amide bonds. The number of carbonyl (C=O) groups is 1. The van der Waals surface area contributed by atoms with Crippen molar-refractivity contribution in [2.75, 3.05) is 13.1 Å². The maximum absolute atomic E-state index is 11.8. The Balaban J connectivity index is 4.35. The minimum atomic E-state index is -0.237. The van der Waals surface area contributed by atoms with Gasteiger partial charge in [0, 0.05) is 12.1 Å². The van der Waals surface area contributed by atoms with Crippen LogP contribution < -0.4 is 11.1 Å². The van der Waals surface area contributed by atoms with Gasteiger partial charge in [0.2, 0.25) is 0 Å². The molecule has 0 bridgehead atoms. The molecule has 0 heterocycles. The average molecular weight is 231 g/mol. The molecule has 0 unspecified atom stereocenters. The fourth-order valence-corrected chi connectivity index (χ4v) is 1.27. The van der Waals surface area contributed by atoms with Gasteiger partial charge in [-0.2, -0.15) is 0 Å². The number of rotatable bonds is 4. The summed E-state index contributed by atoms with van der Waals surface area (Å²) < 4.78 is 0. The standard InChI is InChI=1S/C10H21N3OS/c1-5-6-13(7-8(11)15)9(14)12-10(2,3)4/h5-7H2,1-4H3,(H2,11,15)(H,12,14). The van der Waals surface area contributed by atoms with E-state index in [4.69, 9.17) is 18.0 Å². The number of hydrogen-bond donors (Lipinski definition) is 2. The molecule has 15 heavy (non-hydrogen) atoms. The molecule has 4 nitrogen and oxygen atoms in total. The van der Waals surface area contributed by atoms with E-state index >= 15 is 0 Å². The largest absolute Gasteiger partial charge is 0.392 e. The predicted molar refractivity (Wildman–Crippen MR) is 66.9 cm³/mol. The highest BCUT2D eigenvalue weighted by Gasteiger charge is 2.19. The topological polar surface area (TPSA) is 58.4 Å². The fraction of sp³-hybridized carbons (Fsp3) is 0.800. The van der Waals surface area contributed by atoms with Crippen LogP contribution >= 0.6 is 12.2 Å². The maximum atomic E-state index is 11.8. The Kier molecular flexibility index (Phi) is 5.57. The predicted octanol–water partition coefficient (Wildman–Crippen LogP) is 1.49. The molecule has 0 aromatic carbocycles. The van der Waals surface area contributed by atoms with Gasteiger partial charge in [0.1, 0.15) is 0 Å². The second-order valence-corrected chi connectivity index (χ2v) is 5.09. The lowest BCUT2D eigenvalue weighted by molar-refractivity contribution is 0.195. The zero-order valence-corrected chi connectivity index (χ0v) is 10.8. The third kappa shape index (κ3) is 7.13.